The molecule has 0 spiro atoms. The fourth-order valence-electron chi connectivity index (χ4n) is 3.47. The van der Waals surface area contributed by atoms with E-state index in [1.807, 2.05) is 0 Å². The zero-order valence-corrected chi connectivity index (χ0v) is 27.9. The number of ether oxygens (including phenoxy) is 8. The van der Waals surface area contributed by atoms with Gasteiger partial charge in [0.1, 0.15) is 13.2 Å². The summed E-state index contributed by atoms with van der Waals surface area (Å²) in [5, 5.41) is 0. The number of rotatable bonds is 28. The third kappa shape index (κ3) is 21.3. The number of carbonyl (C=O) groups excluding carboxylic acids is 6. The van der Waals surface area contributed by atoms with E-state index in [1.165, 1.54) is 13.8 Å². The highest BCUT2D eigenvalue weighted by atomic mass is 16.6. The summed E-state index contributed by atoms with van der Waals surface area (Å²) < 4.78 is 41.8. The molecule has 0 aromatic rings. The monoisotopic (exact) mass is 680 g/mol. The lowest BCUT2D eigenvalue weighted by molar-refractivity contribution is -0.165. The van der Waals surface area contributed by atoms with Crippen molar-refractivity contribution >= 4 is 35.8 Å². The number of carbonyl (C=O) groups is 6. The van der Waals surface area contributed by atoms with Gasteiger partial charge in [-0.1, -0.05) is 32.9 Å². The molecule has 2 unspecified atom stereocenters. The van der Waals surface area contributed by atoms with Crippen molar-refractivity contribution in [1.29, 1.82) is 0 Å². The maximum atomic E-state index is 12.9. The summed E-state index contributed by atoms with van der Waals surface area (Å²) in [5.41, 5.74) is -1.28. The average molecular weight is 681 g/mol. The Hall–Kier alpha value is -4.56. The molecule has 2 atom stereocenters. The Bertz CT molecular complexity index is 1120. The second-order valence-corrected chi connectivity index (χ2v) is 10.7. The van der Waals surface area contributed by atoms with Crippen molar-refractivity contribution in [1.82, 2.24) is 0 Å². The van der Waals surface area contributed by atoms with Gasteiger partial charge < -0.3 is 37.9 Å². The van der Waals surface area contributed by atoms with Crippen LogP contribution in [0.4, 0.5) is 0 Å². The molecule has 0 aliphatic carbocycles. The first kappa shape index (κ1) is 43.4. The van der Waals surface area contributed by atoms with Crippen LogP contribution in [0.3, 0.4) is 0 Å². The van der Waals surface area contributed by atoms with Gasteiger partial charge in [-0.2, -0.15) is 0 Å². The Morgan fingerprint density at radius 3 is 1.38 bits per heavy atom. The normalized spacial score (nSPS) is 11.9. The zero-order chi connectivity index (χ0) is 36.4. The molecule has 0 radical (unpaired) electrons. The van der Waals surface area contributed by atoms with Crippen LogP contribution >= 0.6 is 0 Å². The van der Waals surface area contributed by atoms with Crippen LogP contribution in [0, 0.1) is 5.41 Å². The Labute approximate surface area is 281 Å². The SMILES string of the molecule is C=CC(=O)OCCCCOCC(COC(=O)C(=C)CC(C)(C)C(=O)OCC(COCCCCOC(=O)C=C)OC(=O)C=C)OC(=O)C=C. The third-order valence-electron chi connectivity index (χ3n) is 5.99. The second-order valence-electron chi connectivity index (χ2n) is 10.7. The lowest BCUT2D eigenvalue weighted by atomic mass is 9.86. The minimum Gasteiger partial charge on any atom is -0.463 e. The van der Waals surface area contributed by atoms with Gasteiger partial charge in [0.25, 0.3) is 0 Å². The molecule has 0 N–H and O–H groups in total. The standard InChI is InChI=1S/C34H48O14/c1-8-28(35)43-18-14-12-16-41-21-26(47-30(37)10-3)23-45-32(39)25(5)20-34(6,7)33(40)46-24-27(48-31(38)11-4)22-42-17-13-15-19-44-29(36)9-2/h8-11,26-27H,1-5,12-24H2,6-7H3. The smallest absolute Gasteiger partial charge is 0.333 e. The van der Waals surface area contributed by atoms with E-state index in [4.69, 9.17) is 37.9 Å². The molecule has 0 aromatic heterocycles. The molecule has 14 nitrogen and oxygen atoms in total. The molecule has 0 saturated carbocycles. The summed E-state index contributed by atoms with van der Waals surface area (Å²) in [6, 6.07) is 0. The number of hydrogen-bond acceptors (Lipinski definition) is 14. The minimum atomic E-state index is -1.23. The van der Waals surface area contributed by atoms with Gasteiger partial charge in [0.2, 0.25) is 0 Å². The Morgan fingerprint density at radius 1 is 0.562 bits per heavy atom. The van der Waals surface area contributed by atoms with Crippen molar-refractivity contribution in [2.24, 2.45) is 5.41 Å². The van der Waals surface area contributed by atoms with Crippen LogP contribution in [0.1, 0.15) is 46.0 Å². The van der Waals surface area contributed by atoms with Gasteiger partial charge >= 0.3 is 35.8 Å². The quantitative estimate of drug-likeness (QED) is 0.0509. The third-order valence-corrected chi connectivity index (χ3v) is 5.99. The second kappa shape index (κ2) is 25.5. The van der Waals surface area contributed by atoms with Crippen molar-refractivity contribution in [3.05, 3.63) is 62.8 Å². The van der Waals surface area contributed by atoms with Gasteiger partial charge in [0.15, 0.2) is 12.2 Å². The summed E-state index contributed by atoms with van der Waals surface area (Å²) in [5.74, 6) is -4.05. The van der Waals surface area contributed by atoms with Crippen LogP contribution < -0.4 is 0 Å². The molecular weight excluding hydrogens is 632 g/mol. The first-order valence-electron chi connectivity index (χ1n) is 15.2. The van der Waals surface area contributed by atoms with Crippen LogP contribution in [0.2, 0.25) is 0 Å². The van der Waals surface area contributed by atoms with E-state index in [0.29, 0.717) is 25.7 Å². The zero-order valence-electron chi connectivity index (χ0n) is 27.9. The molecule has 0 heterocycles. The Kier molecular flexibility index (Phi) is 23.1. The van der Waals surface area contributed by atoms with Crippen LogP contribution in [0.25, 0.3) is 0 Å². The molecule has 268 valence electrons. The highest BCUT2D eigenvalue weighted by Gasteiger charge is 2.33. The summed E-state index contributed by atoms with van der Waals surface area (Å²) in [6.07, 6.45) is 4.21. The molecule has 48 heavy (non-hydrogen) atoms. The fourth-order valence-corrected chi connectivity index (χ4v) is 3.47. The van der Waals surface area contributed by atoms with Crippen LogP contribution in [-0.2, 0) is 66.7 Å². The fraction of sp³-hybridized carbons (Fsp3) is 0.529. The first-order valence-corrected chi connectivity index (χ1v) is 15.2. The largest absolute Gasteiger partial charge is 0.463 e. The van der Waals surface area contributed by atoms with Gasteiger partial charge in [0.05, 0.1) is 31.8 Å². The van der Waals surface area contributed by atoms with Crippen molar-refractivity contribution in [3.63, 3.8) is 0 Å². The predicted molar refractivity (Wildman–Crippen MR) is 172 cm³/mol. The van der Waals surface area contributed by atoms with Gasteiger partial charge in [-0.25, -0.2) is 24.0 Å². The van der Waals surface area contributed by atoms with E-state index in [-0.39, 0.29) is 64.8 Å². The van der Waals surface area contributed by atoms with Gasteiger partial charge in [-0.05, 0) is 46.0 Å². The van der Waals surface area contributed by atoms with Crippen molar-refractivity contribution in [3.8, 4) is 0 Å². The molecule has 0 saturated heterocycles. The summed E-state index contributed by atoms with van der Waals surface area (Å²) in [6.45, 7) is 20.2. The lowest BCUT2D eigenvalue weighted by Gasteiger charge is -2.25. The van der Waals surface area contributed by atoms with E-state index in [9.17, 15) is 28.8 Å². The van der Waals surface area contributed by atoms with Crippen molar-refractivity contribution in [2.45, 2.75) is 58.2 Å². The lowest BCUT2D eigenvalue weighted by Crippen LogP contribution is -2.34. The average Bonchev–Trinajstić information content (AvgIpc) is 3.06. The molecule has 0 rings (SSSR count). The minimum absolute atomic E-state index is 0.0440. The maximum Gasteiger partial charge on any atom is 0.333 e. The Balaban J connectivity index is 4.83. The molecule has 0 aliphatic rings. The van der Waals surface area contributed by atoms with Gasteiger partial charge in [-0.15, -0.1) is 0 Å². The predicted octanol–water partition coefficient (Wildman–Crippen LogP) is 3.29. The molecule has 0 aliphatic heterocycles. The van der Waals surface area contributed by atoms with Crippen molar-refractivity contribution < 1.29 is 66.7 Å². The topological polar surface area (TPSA) is 176 Å². The number of unbranched alkanes of at least 4 members (excludes halogenated alkanes) is 2. The van der Waals surface area contributed by atoms with E-state index < -0.39 is 53.4 Å². The highest BCUT2D eigenvalue weighted by molar-refractivity contribution is 5.89. The number of hydrogen-bond donors (Lipinski definition) is 0. The number of esters is 6. The van der Waals surface area contributed by atoms with Gasteiger partial charge in [0, 0.05) is 43.1 Å². The van der Waals surface area contributed by atoms with Crippen LogP contribution in [-0.4, -0.2) is 101 Å². The summed E-state index contributed by atoms with van der Waals surface area (Å²) in [4.78, 5) is 71.2. The molecule has 0 fully saturated rings. The summed E-state index contributed by atoms with van der Waals surface area (Å²) in [7, 11) is 0. The molecular formula is C34H48O14. The maximum absolute atomic E-state index is 12.9. The summed E-state index contributed by atoms with van der Waals surface area (Å²) >= 11 is 0. The van der Waals surface area contributed by atoms with Crippen LogP contribution in [0.5, 0.6) is 0 Å². The molecule has 0 aromatic carbocycles. The van der Waals surface area contributed by atoms with E-state index in [0.717, 1.165) is 24.3 Å². The van der Waals surface area contributed by atoms with Crippen LogP contribution in [0.15, 0.2) is 62.8 Å². The van der Waals surface area contributed by atoms with Crippen molar-refractivity contribution in [2.75, 3.05) is 52.9 Å². The highest BCUT2D eigenvalue weighted by Crippen LogP contribution is 2.27. The van der Waals surface area contributed by atoms with E-state index >= 15 is 0 Å². The van der Waals surface area contributed by atoms with E-state index in [2.05, 4.69) is 32.9 Å². The molecule has 0 amide bonds. The first-order chi connectivity index (χ1) is 22.8. The van der Waals surface area contributed by atoms with E-state index in [1.54, 1.807) is 0 Å². The molecule has 0 bridgehead atoms. The van der Waals surface area contributed by atoms with Gasteiger partial charge in [-0.3, -0.25) is 4.79 Å². The Morgan fingerprint density at radius 2 is 0.958 bits per heavy atom. The molecule has 14 heteroatoms.